The Morgan fingerprint density at radius 1 is 1.21 bits per heavy atom. The summed E-state index contributed by atoms with van der Waals surface area (Å²) in [6.07, 6.45) is -1.27. The Morgan fingerprint density at radius 2 is 1.79 bits per heavy atom. The number of ether oxygens (including phenoxy) is 1. The summed E-state index contributed by atoms with van der Waals surface area (Å²) >= 11 is 0. The van der Waals surface area contributed by atoms with Crippen molar-refractivity contribution >= 4 is 12.1 Å². The van der Waals surface area contributed by atoms with Gasteiger partial charge in [0.05, 0.1) is 24.8 Å². The molecule has 2 N–H and O–H groups in total. The van der Waals surface area contributed by atoms with Crippen molar-refractivity contribution in [2.24, 2.45) is 5.41 Å². The Bertz CT molecular complexity index is 605. The largest absolute Gasteiger partial charge is 0.465 e. The van der Waals surface area contributed by atoms with E-state index in [4.69, 9.17) is 0 Å². The van der Waals surface area contributed by atoms with Crippen LogP contribution in [0.3, 0.4) is 0 Å². The van der Waals surface area contributed by atoms with Crippen molar-refractivity contribution in [2.75, 3.05) is 13.7 Å². The molecule has 1 aromatic rings. The van der Waals surface area contributed by atoms with Crippen LogP contribution in [-0.4, -0.2) is 53.0 Å². The van der Waals surface area contributed by atoms with Crippen LogP contribution < -0.4 is 0 Å². The Balaban J connectivity index is 2.29. The molecule has 1 aromatic carbocycles. The minimum Gasteiger partial charge on any atom is -0.465 e. The molecule has 0 saturated carbocycles. The highest BCUT2D eigenvalue weighted by molar-refractivity contribution is 5.89. The van der Waals surface area contributed by atoms with Gasteiger partial charge in [-0.25, -0.2) is 9.59 Å². The lowest BCUT2D eigenvalue weighted by Crippen LogP contribution is -2.58. The van der Waals surface area contributed by atoms with Gasteiger partial charge >= 0.3 is 12.1 Å². The molecule has 1 aliphatic heterocycles. The number of nitrogens with zero attached hydrogens (tertiary/aromatic N) is 1. The Morgan fingerprint density at radius 3 is 2.25 bits per heavy atom. The summed E-state index contributed by atoms with van der Waals surface area (Å²) in [7, 11) is 1.33. The van der Waals surface area contributed by atoms with Crippen molar-refractivity contribution in [1.82, 2.24) is 4.90 Å². The molecule has 1 saturated heterocycles. The molecule has 1 fully saturated rings. The minimum absolute atomic E-state index is 0.170. The number of carboxylic acid groups (broad SMARTS) is 1. The topological polar surface area (TPSA) is 87.1 Å². The third-order valence-electron chi connectivity index (χ3n) is 4.65. The third kappa shape index (κ3) is 3.53. The van der Waals surface area contributed by atoms with Crippen LogP contribution in [0.25, 0.3) is 0 Å². The third-order valence-corrected chi connectivity index (χ3v) is 4.65. The molecular formula is C18H25NO5. The molecule has 1 amide bonds. The molecule has 3 atom stereocenters. The highest BCUT2D eigenvalue weighted by Gasteiger charge is 2.45. The number of aliphatic hydroxyl groups is 1. The summed E-state index contributed by atoms with van der Waals surface area (Å²) in [4.78, 5) is 24.4. The number of hydrogen-bond acceptors (Lipinski definition) is 4. The van der Waals surface area contributed by atoms with Gasteiger partial charge in [-0.3, -0.25) is 0 Å². The van der Waals surface area contributed by atoms with Crippen LogP contribution in [0, 0.1) is 5.41 Å². The van der Waals surface area contributed by atoms with Crippen LogP contribution >= 0.6 is 0 Å². The van der Waals surface area contributed by atoms with Crippen LogP contribution in [0.15, 0.2) is 24.3 Å². The average molecular weight is 335 g/mol. The molecule has 24 heavy (non-hydrogen) atoms. The summed E-state index contributed by atoms with van der Waals surface area (Å²) in [6.45, 7) is 6.16. The first-order valence-electron chi connectivity index (χ1n) is 8.02. The van der Waals surface area contributed by atoms with Gasteiger partial charge in [-0.15, -0.1) is 0 Å². The minimum atomic E-state index is -1.01. The zero-order valence-corrected chi connectivity index (χ0v) is 14.5. The zero-order chi connectivity index (χ0) is 18.1. The lowest BCUT2D eigenvalue weighted by molar-refractivity contribution is -0.0430. The second-order valence-electron chi connectivity index (χ2n) is 7.29. The highest BCUT2D eigenvalue weighted by Crippen LogP contribution is 2.39. The highest BCUT2D eigenvalue weighted by atomic mass is 16.5. The number of esters is 1. The van der Waals surface area contributed by atoms with Gasteiger partial charge in [-0.05, 0) is 29.5 Å². The van der Waals surface area contributed by atoms with Gasteiger partial charge < -0.3 is 19.8 Å². The Labute approximate surface area is 142 Å². The number of amides is 1. The second-order valence-corrected chi connectivity index (χ2v) is 7.29. The van der Waals surface area contributed by atoms with Crippen molar-refractivity contribution in [2.45, 2.75) is 45.3 Å². The fraction of sp³-hybridized carbons (Fsp3) is 0.556. The summed E-state index contributed by atoms with van der Waals surface area (Å²) < 4.78 is 4.68. The number of carbonyl (C=O) groups is 2. The van der Waals surface area contributed by atoms with Crippen LogP contribution in [0.4, 0.5) is 4.79 Å². The van der Waals surface area contributed by atoms with Crippen molar-refractivity contribution in [1.29, 1.82) is 0 Å². The first-order valence-corrected chi connectivity index (χ1v) is 8.02. The molecule has 0 bridgehead atoms. The SMILES string of the molecule is COC(=O)c1ccc([C@@H]2CCN(C(=O)O)C(C(C)(C)C)[C@H]2O)cc1. The van der Waals surface area contributed by atoms with Gasteiger partial charge in [0.15, 0.2) is 0 Å². The number of aliphatic hydroxyl groups excluding tert-OH is 1. The van der Waals surface area contributed by atoms with Gasteiger partial charge in [0.25, 0.3) is 0 Å². The van der Waals surface area contributed by atoms with Crippen LogP contribution in [0.5, 0.6) is 0 Å². The van der Waals surface area contributed by atoms with Gasteiger partial charge in [0.2, 0.25) is 0 Å². The standard InChI is InChI=1S/C18H25NO5/c1-18(2,3)15-14(20)13(9-10-19(15)17(22)23)11-5-7-12(8-6-11)16(21)24-4/h5-8,13-15,20H,9-10H2,1-4H3,(H,22,23)/t13-,14-,15?/m0/s1. The molecule has 1 unspecified atom stereocenters. The Kier molecular flexibility index (Phi) is 5.18. The van der Waals surface area contributed by atoms with E-state index < -0.39 is 24.2 Å². The molecule has 1 heterocycles. The van der Waals surface area contributed by atoms with E-state index in [1.54, 1.807) is 24.3 Å². The summed E-state index contributed by atoms with van der Waals surface area (Å²) in [6, 6.07) is 6.45. The van der Waals surface area contributed by atoms with E-state index in [0.717, 1.165) is 5.56 Å². The Hall–Kier alpha value is -2.08. The number of rotatable bonds is 2. The fourth-order valence-electron chi connectivity index (χ4n) is 3.53. The second kappa shape index (κ2) is 6.81. The lowest BCUT2D eigenvalue weighted by Gasteiger charge is -2.48. The molecular weight excluding hydrogens is 310 g/mol. The number of likely N-dealkylation sites (tertiary alicyclic amines) is 1. The maximum absolute atomic E-state index is 11.5. The van der Waals surface area contributed by atoms with Gasteiger partial charge in [-0.2, -0.15) is 0 Å². The first kappa shape index (κ1) is 18.3. The fourth-order valence-corrected chi connectivity index (χ4v) is 3.53. The molecule has 0 spiro atoms. The maximum atomic E-state index is 11.5. The number of benzene rings is 1. The first-order chi connectivity index (χ1) is 11.2. The van der Waals surface area contributed by atoms with Crippen molar-refractivity contribution in [3.63, 3.8) is 0 Å². The van der Waals surface area contributed by atoms with E-state index in [2.05, 4.69) is 4.74 Å². The quantitative estimate of drug-likeness (QED) is 0.812. The van der Waals surface area contributed by atoms with Crippen LogP contribution in [0.2, 0.25) is 0 Å². The summed E-state index contributed by atoms with van der Waals surface area (Å²) in [5.74, 6) is -0.577. The van der Waals surface area contributed by atoms with Crippen molar-refractivity contribution in [3.8, 4) is 0 Å². The van der Waals surface area contributed by atoms with Crippen molar-refractivity contribution < 1.29 is 24.5 Å². The summed E-state index contributed by atoms with van der Waals surface area (Å²) in [5, 5.41) is 20.3. The predicted molar refractivity (Wildman–Crippen MR) is 89.1 cm³/mol. The smallest absolute Gasteiger partial charge is 0.407 e. The molecule has 132 valence electrons. The van der Waals surface area contributed by atoms with E-state index in [-0.39, 0.29) is 11.3 Å². The van der Waals surface area contributed by atoms with E-state index in [0.29, 0.717) is 18.5 Å². The van der Waals surface area contributed by atoms with Gasteiger partial charge in [0.1, 0.15) is 0 Å². The van der Waals surface area contributed by atoms with Crippen LogP contribution in [0.1, 0.15) is 49.0 Å². The average Bonchev–Trinajstić information content (AvgIpc) is 2.52. The molecule has 0 aromatic heterocycles. The maximum Gasteiger partial charge on any atom is 0.407 e. The van der Waals surface area contributed by atoms with Gasteiger partial charge in [-0.1, -0.05) is 32.9 Å². The van der Waals surface area contributed by atoms with E-state index in [1.165, 1.54) is 12.0 Å². The molecule has 0 radical (unpaired) electrons. The van der Waals surface area contributed by atoms with E-state index >= 15 is 0 Å². The van der Waals surface area contributed by atoms with E-state index in [1.807, 2.05) is 20.8 Å². The molecule has 6 nitrogen and oxygen atoms in total. The number of hydrogen-bond donors (Lipinski definition) is 2. The number of methoxy groups -OCH3 is 1. The van der Waals surface area contributed by atoms with E-state index in [9.17, 15) is 19.8 Å². The van der Waals surface area contributed by atoms with Crippen LogP contribution in [-0.2, 0) is 4.74 Å². The monoisotopic (exact) mass is 335 g/mol. The predicted octanol–water partition coefficient (Wildman–Crippen LogP) is 2.72. The summed E-state index contributed by atoms with van der Waals surface area (Å²) in [5.41, 5.74) is 0.961. The van der Waals surface area contributed by atoms with Crippen molar-refractivity contribution in [3.05, 3.63) is 35.4 Å². The number of piperidine rings is 1. The van der Waals surface area contributed by atoms with Gasteiger partial charge in [0, 0.05) is 12.5 Å². The number of carbonyl (C=O) groups excluding carboxylic acids is 1. The molecule has 2 rings (SSSR count). The molecule has 1 aliphatic rings. The molecule has 0 aliphatic carbocycles. The lowest BCUT2D eigenvalue weighted by atomic mass is 9.73. The normalized spacial score (nSPS) is 24.5. The zero-order valence-electron chi connectivity index (χ0n) is 14.5. The molecule has 6 heteroatoms.